The second-order valence-corrected chi connectivity index (χ2v) is 11.4. The lowest BCUT2D eigenvalue weighted by Crippen LogP contribution is -2.35. The summed E-state index contributed by atoms with van der Waals surface area (Å²) in [5, 5.41) is 4.79. The SMILES string of the molecule is CCCCCCCCCCCCCCCCCCNC(=O)OCCCOC(C)C(Cc1csc[nH+]1)OC(=O)OC. The van der Waals surface area contributed by atoms with E-state index in [-0.39, 0.29) is 18.8 Å². The molecule has 1 rings (SSSR count). The van der Waals surface area contributed by atoms with E-state index in [1.54, 1.807) is 0 Å². The lowest BCUT2D eigenvalue weighted by Gasteiger charge is -2.22. The van der Waals surface area contributed by atoms with Gasteiger partial charge in [0.1, 0.15) is 6.10 Å². The predicted molar refractivity (Wildman–Crippen MR) is 161 cm³/mol. The molecular weight excluding hydrogens is 528 g/mol. The molecule has 0 bridgehead atoms. The third kappa shape index (κ3) is 21.0. The maximum absolute atomic E-state index is 11.9. The van der Waals surface area contributed by atoms with Crippen molar-refractivity contribution in [3.05, 3.63) is 16.6 Å². The Labute approximate surface area is 247 Å². The number of aromatic nitrogens is 1. The number of rotatable bonds is 26. The second-order valence-electron chi connectivity index (χ2n) is 10.7. The quantitative estimate of drug-likeness (QED) is 0.0873. The smallest absolute Gasteiger partial charge is 0.449 e. The van der Waals surface area contributed by atoms with E-state index < -0.39 is 12.3 Å². The summed E-state index contributed by atoms with van der Waals surface area (Å²) < 4.78 is 21.0. The summed E-state index contributed by atoms with van der Waals surface area (Å²) >= 11 is 1.54. The molecule has 0 radical (unpaired) electrons. The van der Waals surface area contributed by atoms with E-state index in [0.29, 0.717) is 26.0 Å². The Morgan fingerprint density at radius 1 is 0.850 bits per heavy atom. The fourth-order valence-electron chi connectivity index (χ4n) is 4.57. The van der Waals surface area contributed by atoms with Crippen LogP contribution in [0.5, 0.6) is 0 Å². The second kappa shape index (κ2) is 26.1. The summed E-state index contributed by atoms with van der Waals surface area (Å²) in [7, 11) is 1.28. The van der Waals surface area contributed by atoms with Crippen molar-refractivity contribution in [2.75, 3.05) is 26.9 Å². The number of hydrogen-bond acceptors (Lipinski definition) is 7. The summed E-state index contributed by atoms with van der Waals surface area (Å²) in [4.78, 5) is 26.6. The van der Waals surface area contributed by atoms with Crippen molar-refractivity contribution in [2.45, 2.75) is 142 Å². The molecule has 2 atom stereocenters. The summed E-state index contributed by atoms with van der Waals surface area (Å²) in [5.74, 6) is 0. The number of amides is 1. The van der Waals surface area contributed by atoms with Gasteiger partial charge in [0.2, 0.25) is 5.51 Å². The highest BCUT2D eigenvalue weighted by atomic mass is 32.1. The Balaban J connectivity index is 1.91. The zero-order valence-corrected chi connectivity index (χ0v) is 26.3. The first-order valence-corrected chi connectivity index (χ1v) is 16.7. The first kappa shape index (κ1) is 36.2. The molecule has 0 saturated heterocycles. The molecule has 8 nitrogen and oxygen atoms in total. The van der Waals surface area contributed by atoms with Gasteiger partial charge in [0.25, 0.3) is 0 Å². The van der Waals surface area contributed by atoms with Gasteiger partial charge in [-0.25, -0.2) is 14.6 Å². The molecule has 9 heteroatoms. The number of alkyl carbamates (subject to hydrolysis) is 1. The van der Waals surface area contributed by atoms with E-state index in [1.807, 2.05) is 17.8 Å². The zero-order chi connectivity index (χ0) is 29.1. The number of carbonyl (C=O) groups is 2. The predicted octanol–water partition coefficient (Wildman–Crippen LogP) is 8.04. The monoisotopic (exact) mass is 585 g/mol. The molecule has 1 aromatic rings. The van der Waals surface area contributed by atoms with E-state index in [9.17, 15) is 9.59 Å². The zero-order valence-electron chi connectivity index (χ0n) is 25.5. The minimum Gasteiger partial charge on any atom is -0.449 e. The lowest BCUT2D eigenvalue weighted by molar-refractivity contribution is -0.384. The van der Waals surface area contributed by atoms with Crippen LogP contribution in [0.2, 0.25) is 0 Å². The highest BCUT2D eigenvalue weighted by Crippen LogP contribution is 2.14. The van der Waals surface area contributed by atoms with Crippen LogP contribution in [0.25, 0.3) is 0 Å². The van der Waals surface area contributed by atoms with Crippen LogP contribution in [-0.4, -0.2) is 51.3 Å². The topological polar surface area (TPSA) is 97.2 Å². The maximum Gasteiger partial charge on any atom is 0.508 e. The first-order chi connectivity index (χ1) is 19.6. The molecule has 232 valence electrons. The number of hydrogen-bond donors (Lipinski definition) is 1. The molecule has 0 spiro atoms. The number of thiazole rings is 1. The van der Waals surface area contributed by atoms with Crippen molar-refractivity contribution >= 4 is 23.6 Å². The molecule has 2 N–H and O–H groups in total. The molecule has 1 amide bonds. The van der Waals surface area contributed by atoms with Crippen LogP contribution in [0.1, 0.15) is 129 Å². The van der Waals surface area contributed by atoms with Crippen molar-refractivity contribution in [3.63, 3.8) is 0 Å². The highest BCUT2D eigenvalue weighted by Gasteiger charge is 2.26. The van der Waals surface area contributed by atoms with Crippen molar-refractivity contribution in [1.82, 2.24) is 5.32 Å². The van der Waals surface area contributed by atoms with E-state index in [1.165, 1.54) is 108 Å². The fourth-order valence-corrected chi connectivity index (χ4v) is 5.19. The van der Waals surface area contributed by atoms with Crippen molar-refractivity contribution in [1.29, 1.82) is 0 Å². The number of unbranched alkanes of at least 4 members (excludes halogenated alkanes) is 15. The summed E-state index contributed by atoms with van der Waals surface area (Å²) in [6.45, 7) is 5.44. The van der Waals surface area contributed by atoms with E-state index in [4.69, 9.17) is 14.2 Å². The molecule has 0 saturated carbocycles. The molecule has 0 aliphatic carbocycles. The van der Waals surface area contributed by atoms with Crippen LogP contribution in [0.4, 0.5) is 9.59 Å². The standard InChI is InChI=1S/C31H56N2O6S/c1-4-5-6-7-8-9-10-11-12-13-14-15-16-17-18-19-21-32-30(34)38-23-20-22-37-27(2)29(39-31(35)36-3)24-28-25-40-26-33-28/h25-27,29H,4-24H2,1-3H3,(H,32,34)/p+1. The molecule has 0 fully saturated rings. The van der Waals surface area contributed by atoms with Crippen LogP contribution in [-0.2, 0) is 25.4 Å². The Morgan fingerprint density at radius 2 is 1.43 bits per heavy atom. The van der Waals surface area contributed by atoms with Crippen LogP contribution in [0.3, 0.4) is 0 Å². The lowest BCUT2D eigenvalue weighted by atomic mass is 10.0. The minimum atomic E-state index is -0.736. The molecule has 40 heavy (non-hydrogen) atoms. The van der Waals surface area contributed by atoms with Crippen molar-refractivity contribution in [3.8, 4) is 0 Å². The Morgan fingerprint density at radius 3 is 1.95 bits per heavy atom. The molecular formula is C31H57N2O6S+. The Kier molecular flexibility index (Phi) is 23.6. The van der Waals surface area contributed by atoms with Gasteiger partial charge in [0.05, 0.1) is 38.2 Å². The van der Waals surface area contributed by atoms with Gasteiger partial charge in [-0.05, 0) is 13.3 Å². The molecule has 0 aliphatic rings. The van der Waals surface area contributed by atoms with E-state index in [0.717, 1.165) is 18.5 Å². The van der Waals surface area contributed by atoms with Gasteiger partial charge in [-0.1, -0.05) is 115 Å². The average molecular weight is 586 g/mol. The summed E-state index contributed by atoms with van der Waals surface area (Å²) in [5.41, 5.74) is 2.82. The van der Waals surface area contributed by atoms with Gasteiger partial charge in [-0.3, -0.25) is 0 Å². The van der Waals surface area contributed by atoms with E-state index in [2.05, 4.69) is 22.0 Å². The number of H-pyrrole nitrogens is 1. The van der Waals surface area contributed by atoms with Crippen molar-refractivity contribution < 1.29 is 33.5 Å². The molecule has 0 aromatic carbocycles. The maximum atomic E-state index is 11.9. The van der Waals surface area contributed by atoms with Crippen LogP contribution in [0, 0.1) is 0 Å². The van der Waals surface area contributed by atoms with Crippen molar-refractivity contribution in [2.24, 2.45) is 0 Å². The first-order valence-electron chi connectivity index (χ1n) is 15.8. The number of aromatic amines is 1. The number of nitrogens with one attached hydrogen (secondary N) is 2. The number of ether oxygens (including phenoxy) is 4. The molecule has 1 aromatic heterocycles. The average Bonchev–Trinajstić information content (AvgIpc) is 3.47. The van der Waals surface area contributed by atoms with Crippen LogP contribution in [0.15, 0.2) is 10.9 Å². The Hall–Kier alpha value is -1.87. The number of carbonyl (C=O) groups excluding carboxylic acids is 2. The number of methoxy groups -OCH3 is 1. The van der Waals surface area contributed by atoms with Gasteiger partial charge < -0.3 is 24.3 Å². The molecule has 1 heterocycles. The van der Waals surface area contributed by atoms with Crippen LogP contribution < -0.4 is 10.3 Å². The third-order valence-electron chi connectivity index (χ3n) is 7.08. The van der Waals surface area contributed by atoms with Gasteiger partial charge in [-0.15, -0.1) is 0 Å². The molecule has 2 unspecified atom stereocenters. The molecule has 0 aliphatic heterocycles. The van der Waals surface area contributed by atoms with Gasteiger partial charge >= 0.3 is 12.2 Å². The highest BCUT2D eigenvalue weighted by molar-refractivity contribution is 7.07. The van der Waals surface area contributed by atoms with Crippen LogP contribution >= 0.6 is 11.3 Å². The normalized spacial score (nSPS) is 12.6. The largest absolute Gasteiger partial charge is 0.508 e. The minimum absolute atomic E-state index is 0.276. The van der Waals surface area contributed by atoms with Gasteiger partial charge in [0, 0.05) is 13.0 Å². The van der Waals surface area contributed by atoms with Gasteiger partial charge in [-0.2, -0.15) is 0 Å². The summed E-state index contributed by atoms with van der Waals surface area (Å²) in [6, 6.07) is 0. The fraction of sp³-hybridized carbons (Fsp3) is 0.839. The summed E-state index contributed by atoms with van der Waals surface area (Å²) in [6.07, 6.45) is 20.5. The van der Waals surface area contributed by atoms with E-state index >= 15 is 0 Å². The Bertz CT molecular complexity index is 719. The van der Waals surface area contributed by atoms with Gasteiger partial charge in [0.15, 0.2) is 5.69 Å². The third-order valence-corrected chi connectivity index (χ3v) is 7.76.